The summed E-state index contributed by atoms with van der Waals surface area (Å²) in [5.74, 6) is -1.08. The topological polar surface area (TPSA) is 87.2 Å². The molecule has 2 amide bonds. The number of thiazole rings is 1. The maximum Gasteiger partial charge on any atom is 0.269 e. The summed E-state index contributed by atoms with van der Waals surface area (Å²) >= 11 is 7.23. The molecule has 10 heteroatoms. The summed E-state index contributed by atoms with van der Waals surface area (Å²) in [5, 5.41) is 6.02. The van der Waals surface area contributed by atoms with Crippen LogP contribution in [0.15, 0.2) is 30.5 Å². The number of hydrogen-bond donors (Lipinski definition) is 2. The molecule has 1 aromatic carbocycles. The Bertz CT molecular complexity index is 1120. The van der Waals surface area contributed by atoms with Crippen LogP contribution in [0.5, 0.6) is 0 Å². The van der Waals surface area contributed by atoms with Crippen LogP contribution in [-0.4, -0.2) is 41.9 Å². The molecule has 2 aromatic heterocycles. The number of carbonyl (C=O) groups is 2. The van der Waals surface area contributed by atoms with Gasteiger partial charge in [0.1, 0.15) is 17.0 Å². The smallest absolute Gasteiger partial charge is 0.269 e. The van der Waals surface area contributed by atoms with E-state index < -0.39 is 5.82 Å². The van der Waals surface area contributed by atoms with Crippen molar-refractivity contribution in [3.8, 4) is 0 Å². The minimum atomic E-state index is -0.439. The number of carbonyl (C=O) groups excluding carboxylic acids is 2. The van der Waals surface area contributed by atoms with Crippen LogP contribution in [0.1, 0.15) is 23.3 Å². The van der Waals surface area contributed by atoms with Gasteiger partial charge in [0.15, 0.2) is 5.13 Å². The van der Waals surface area contributed by atoms with Gasteiger partial charge in [-0.2, -0.15) is 0 Å². The number of rotatable bonds is 4. The highest BCUT2D eigenvalue weighted by molar-refractivity contribution is 7.22. The van der Waals surface area contributed by atoms with E-state index in [1.54, 1.807) is 19.3 Å². The van der Waals surface area contributed by atoms with Crippen LogP contribution in [0.3, 0.4) is 0 Å². The lowest BCUT2D eigenvalue weighted by atomic mass is 9.96. The molecule has 0 saturated carbocycles. The molecule has 3 heterocycles. The summed E-state index contributed by atoms with van der Waals surface area (Å²) in [6, 6.07) is 6.11. The second-order valence-electron chi connectivity index (χ2n) is 7.01. The first kappa shape index (κ1) is 20.5. The molecule has 1 unspecified atom stereocenters. The molecular weight excluding hydrogens is 429 g/mol. The molecule has 156 valence electrons. The molecule has 4 rings (SSSR count). The largest absolute Gasteiger partial charge is 0.371 e. The van der Waals surface area contributed by atoms with Crippen molar-refractivity contribution in [2.24, 2.45) is 5.92 Å². The lowest BCUT2D eigenvalue weighted by Crippen LogP contribution is -2.40. The average Bonchev–Trinajstić information content (AvgIpc) is 3.16. The number of halogens is 2. The predicted octanol–water partition coefficient (Wildman–Crippen LogP) is 3.70. The minimum Gasteiger partial charge on any atom is -0.371 e. The van der Waals surface area contributed by atoms with E-state index in [0.717, 1.165) is 25.1 Å². The van der Waals surface area contributed by atoms with Gasteiger partial charge in [0.2, 0.25) is 5.91 Å². The Morgan fingerprint density at radius 1 is 1.33 bits per heavy atom. The number of anilines is 2. The number of benzene rings is 1. The van der Waals surface area contributed by atoms with Crippen molar-refractivity contribution in [1.82, 2.24) is 15.3 Å². The summed E-state index contributed by atoms with van der Waals surface area (Å²) in [4.78, 5) is 35.2. The molecule has 7 nitrogen and oxygen atoms in total. The highest BCUT2D eigenvalue weighted by Crippen LogP contribution is 2.32. The summed E-state index contributed by atoms with van der Waals surface area (Å²) in [6.07, 6.45) is 3.18. The lowest BCUT2D eigenvalue weighted by Gasteiger charge is -2.33. The first-order chi connectivity index (χ1) is 14.4. The zero-order valence-corrected chi connectivity index (χ0v) is 17.7. The van der Waals surface area contributed by atoms with Crippen molar-refractivity contribution in [1.29, 1.82) is 0 Å². The summed E-state index contributed by atoms with van der Waals surface area (Å²) in [6.45, 7) is 1.31. The summed E-state index contributed by atoms with van der Waals surface area (Å²) in [5.41, 5.74) is 1.66. The molecule has 1 saturated heterocycles. The van der Waals surface area contributed by atoms with E-state index >= 15 is 0 Å². The molecule has 0 radical (unpaired) electrons. The Kier molecular flexibility index (Phi) is 5.83. The lowest BCUT2D eigenvalue weighted by molar-refractivity contribution is -0.120. The average molecular weight is 448 g/mol. The van der Waals surface area contributed by atoms with Gasteiger partial charge in [-0.1, -0.05) is 22.9 Å². The number of nitrogens with zero attached hydrogens (tertiary/aromatic N) is 3. The number of pyridine rings is 1. The Labute approximate surface area is 181 Å². The summed E-state index contributed by atoms with van der Waals surface area (Å²) in [7, 11) is 1.56. The van der Waals surface area contributed by atoms with Gasteiger partial charge >= 0.3 is 0 Å². The van der Waals surface area contributed by atoms with E-state index in [0.29, 0.717) is 27.6 Å². The standard InChI is InChI=1S/C20H19ClFN5O2S/c1-23-19(29)15-9-13(4-5-24-15)27-6-2-3-11(10-27)18(28)26-20-25-17-14(21)7-12(22)8-16(17)30-20/h4-5,7-9,11H,2-3,6,10H2,1H3,(H,23,29)(H,25,26,28). The Morgan fingerprint density at radius 2 is 2.17 bits per heavy atom. The van der Waals surface area contributed by atoms with Crippen molar-refractivity contribution >= 4 is 55.8 Å². The van der Waals surface area contributed by atoms with Gasteiger partial charge in [-0.15, -0.1) is 0 Å². The van der Waals surface area contributed by atoms with Gasteiger partial charge < -0.3 is 15.5 Å². The number of nitrogens with one attached hydrogen (secondary N) is 2. The molecule has 0 bridgehead atoms. The third-order valence-corrected chi connectivity index (χ3v) is 6.21. The molecule has 1 aliphatic rings. The Morgan fingerprint density at radius 3 is 2.97 bits per heavy atom. The van der Waals surface area contributed by atoms with E-state index in [1.807, 2.05) is 6.07 Å². The highest BCUT2D eigenvalue weighted by Gasteiger charge is 2.27. The van der Waals surface area contributed by atoms with Crippen molar-refractivity contribution in [3.63, 3.8) is 0 Å². The monoisotopic (exact) mass is 447 g/mol. The fraction of sp³-hybridized carbons (Fsp3) is 0.300. The second-order valence-corrected chi connectivity index (χ2v) is 8.44. The molecule has 0 spiro atoms. The van der Waals surface area contributed by atoms with Gasteiger partial charge in [-0.05, 0) is 37.1 Å². The molecule has 3 aromatic rings. The van der Waals surface area contributed by atoms with Gasteiger partial charge in [0.25, 0.3) is 5.91 Å². The number of fused-ring (bicyclic) bond motifs is 1. The first-order valence-electron chi connectivity index (χ1n) is 9.44. The zero-order valence-electron chi connectivity index (χ0n) is 16.1. The Balaban J connectivity index is 1.48. The van der Waals surface area contributed by atoms with Crippen LogP contribution in [0.4, 0.5) is 15.2 Å². The van der Waals surface area contributed by atoms with Crippen LogP contribution in [0.2, 0.25) is 5.02 Å². The minimum absolute atomic E-state index is 0.143. The fourth-order valence-electron chi connectivity index (χ4n) is 3.51. The van der Waals surface area contributed by atoms with E-state index in [1.165, 1.54) is 23.5 Å². The molecule has 30 heavy (non-hydrogen) atoms. The van der Waals surface area contributed by atoms with Crippen LogP contribution in [-0.2, 0) is 4.79 Å². The number of piperidine rings is 1. The first-order valence-corrected chi connectivity index (χ1v) is 10.6. The molecule has 0 aliphatic carbocycles. The van der Waals surface area contributed by atoms with E-state index in [-0.39, 0.29) is 22.8 Å². The van der Waals surface area contributed by atoms with Gasteiger partial charge in [0.05, 0.1) is 15.6 Å². The fourth-order valence-corrected chi connectivity index (χ4v) is 4.74. The van der Waals surface area contributed by atoms with E-state index in [4.69, 9.17) is 11.6 Å². The maximum absolute atomic E-state index is 13.5. The van der Waals surface area contributed by atoms with Gasteiger partial charge in [0, 0.05) is 32.0 Å². The molecule has 2 N–H and O–H groups in total. The van der Waals surface area contributed by atoms with Gasteiger partial charge in [-0.3, -0.25) is 14.6 Å². The van der Waals surface area contributed by atoms with Crippen LogP contribution < -0.4 is 15.5 Å². The van der Waals surface area contributed by atoms with Crippen molar-refractivity contribution in [2.45, 2.75) is 12.8 Å². The van der Waals surface area contributed by atoms with Gasteiger partial charge in [-0.25, -0.2) is 9.37 Å². The molecular formula is C20H19ClFN5O2S. The molecule has 1 fully saturated rings. The summed E-state index contributed by atoms with van der Waals surface area (Å²) < 4.78 is 14.1. The van der Waals surface area contributed by atoms with Crippen molar-refractivity contribution in [3.05, 3.63) is 47.0 Å². The van der Waals surface area contributed by atoms with Crippen molar-refractivity contribution in [2.75, 3.05) is 30.4 Å². The quantitative estimate of drug-likeness (QED) is 0.636. The third-order valence-electron chi connectivity index (χ3n) is 5.00. The van der Waals surface area contributed by atoms with E-state index in [9.17, 15) is 14.0 Å². The van der Waals surface area contributed by atoms with Crippen LogP contribution in [0, 0.1) is 11.7 Å². The number of amides is 2. The normalized spacial score (nSPS) is 16.5. The third kappa shape index (κ3) is 4.22. The number of aromatic nitrogens is 2. The van der Waals surface area contributed by atoms with E-state index in [2.05, 4.69) is 25.5 Å². The van der Waals surface area contributed by atoms with Crippen molar-refractivity contribution < 1.29 is 14.0 Å². The second kappa shape index (κ2) is 8.53. The Hall–Kier alpha value is -2.78. The SMILES string of the molecule is CNC(=O)c1cc(N2CCCC(C(=O)Nc3nc4c(Cl)cc(F)cc4s3)C2)ccn1. The maximum atomic E-state index is 13.5. The van der Waals surface area contributed by atoms with Crippen LogP contribution >= 0.6 is 22.9 Å². The zero-order chi connectivity index (χ0) is 21.3. The van der Waals surface area contributed by atoms with Crippen LogP contribution in [0.25, 0.3) is 10.2 Å². The highest BCUT2D eigenvalue weighted by atomic mass is 35.5. The predicted molar refractivity (Wildman–Crippen MR) is 116 cm³/mol. The molecule has 1 atom stereocenters. The number of hydrogen-bond acceptors (Lipinski definition) is 6. The molecule has 1 aliphatic heterocycles.